The average molecular weight is 296 g/mol. The molecular formula is C14H20N2O5. The molecule has 0 radical (unpaired) electrons. The van der Waals surface area contributed by atoms with Crippen molar-refractivity contribution in [3.63, 3.8) is 0 Å². The zero-order valence-electron chi connectivity index (χ0n) is 12.3. The van der Waals surface area contributed by atoms with Crippen LogP contribution in [0.15, 0.2) is 24.3 Å². The van der Waals surface area contributed by atoms with E-state index in [-0.39, 0.29) is 6.61 Å². The second-order valence-corrected chi connectivity index (χ2v) is 4.46. The number of hydrogen-bond donors (Lipinski definition) is 2. The van der Waals surface area contributed by atoms with E-state index in [1.807, 2.05) is 18.2 Å². The van der Waals surface area contributed by atoms with Gasteiger partial charge >= 0.3 is 12.0 Å². The van der Waals surface area contributed by atoms with Crippen molar-refractivity contribution in [3.8, 4) is 5.75 Å². The van der Waals surface area contributed by atoms with E-state index in [1.54, 1.807) is 20.2 Å². The number of urea groups is 1. The van der Waals surface area contributed by atoms with Gasteiger partial charge in [-0.05, 0) is 6.07 Å². The third-order valence-electron chi connectivity index (χ3n) is 2.88. The van der Waals surface area contributed by atoms with Gasteiger partial charge in [0.05, 0.1) is 20.3 Å². The third kappa shape index (κ3) is 4.96. The van der Waals surface area contributed by atoms with Gasteiger partial charge in [-0.3, -0.25) is 0 Å². The lowest BCUT2D eigenvalue weighted by Gasteiger charge is -2.22. The van der Waals surface area contributed by atoms with Crippen molar-refractivity contribution in [3.05, 3.63) is 29.8 Å². The Balaban J connectivity index is 2.67. The number of para-hydroxylation sites is 1. The number of rotatable bonds is 7. The van der Waals surface area contributed by atoms with E-state index >= 15 is 0 Å². The average Bonchev–Trinajstić information content (AvgIpc) is 2.47. The Hall–Kier alpha value is -2.28. The molecule has 0 bridgehead atoms. The number of nitrogens with one attached hydrogen (secondary N) is 1. The Morgan fingerprint density at radius 1 is 1.33 bits per heavy atom. The Kier molecular flexibility index (Phi) is 6.48. The van der Waals surface area contributed by atoms with E-state index in [4.69, 9.17) is 14.6 Å². The fraction of sp³-hybridized carbons (Fsp3) is 0.429. The van der Waals surface area contributed by atoms with Gasteiger partial charge in [0.25, 0.3) is 0 Å². The van der Waals surface area contributed by atoms with Crippen LogP contribution in [0.2, 0.25) is 0 Å². The van der Waals surface area contributed by atoms with Crippen LogP contribution in [0.3, 0.4) is 0 Å². The fourth-order valence-electron chi connectivity index (χ4n) is 1.76. The smallest absolute Gasteiger partial charge is 0.328 e. The Morgan fingerprint density at radius 2 is 2.00 bits per heavy atom. The topological polar surface area (TPSA) is 88.1 Å². The van der Waals surface area contributed by atoms with Crippen molar-refractivity contribution in [2.75, 3.05) is 27.9 Å². The van der Waals surface area contributed by atoms with Gasteiger partial charge in [-0.2, -0.15) is 0 Å². The first kappa shape index (κ1) is 16.8. The van der Waals surface area contributed by atoms with Crippen LogP contribution in [0, 0.1) is 0 Å². The summed E-state index contributed by atoms with van der Waals surface area (Å²) in [6, 6.07) is 5.74. The minimum absolute atomic E-state index is 0.0937. The number of amides is 2. The van der Waals surface area contributed by atoms with Gasteiger partial charge < -0.3 is 24.8 Å². The fourth-order valence-corrected chi connectivity index (χ4v) is 1.76. The van der Waals surface area contributed by atoms with Crippen LogP contribution in [0.25, 0.3) is 0 Å². The standard InChI is InChI=1S/C14H20N2O5/c1-16(8-10-6-4-5-7-12(10)21-3)14(19)15-11(9-20-2)13(17)18/h4-7,11H,8-9H2,1-3H3,(H,15,19)(H,17,18). The molecule has 116 valence electrons. The van der Waals surface area contributed by atoms with E-state index in [0.717, 1.165) is 5.56 Å². The van der Waals surface area contributed by atoms with Gasteiger partial charge in [0.1, 0.15) is 5.75 Å². The summed E-state index contributed by atoms with van der Waals surface area (Å²) in [4.78, 5) is 24.3. The van der Waals surface area contributed by atoms with Crippen LogP contribution >= 0.6 is 0 Å². The number of aliphatic carboxylic acids is 1. The maximum atomic E-state index is 12.0. The molecule has 1 unspecified atom stereocenters. The number of hydrogen-bond acceptors (Lipinski definition) is 4. The SMILES string of the molecule is COCC(NC(=O)N(C)Cc1ccccc1OC)C(=O)O. The number of methoxy groups -OCH3 is 2. The number of ether oxygens (including phenoxy) is 2. The van der Waals surface area contributed by atoms with Crippen molar-refractivity contribution in [1.29, 1.82) is 0 Å². The largest absolute Gasteiger partial charge is 0.496 e. The molecule has 0 heterocycles. The number of benzene rings is 1. The number of carbonyl (C=O) groups excluding carboxylic acids is 1. The zero-order chi connectivity index (χ0) is 15.8. The van der Waals surface area contributed by atoms with Gasteiger partial charge in [0.15, 0.2) is 6.04 Å². The highest BCUT2D eigenvalue weighted by Gasteiger charge is 2.22. The van der Waals surface area contributed by atoms with Gasteiger partial charge in [-0.15, -0.1) is 0 Å². The molecule has 0 saturated carbocycles. The molecule has 1 aromatic rings. The third-order valence-corrected chi connectivity index (χ3v) is 2.88. The molecule has 0 aliphatic carbocycles. The van der Waals surface area contributed by atoms with Crippen LogP contribution in [0.1, 0.15) is 5.56 Å². The maximum absolute atomic E-state index is 12.0. The second kappa shape index (κ2) is 8.11. The molecule has 21 heavy (non-hydrogen) atoms. The lowest BCUT2D eigenvalue weighted by Crippen LogP contribution is -2.48. The molecule has 2 N–H and O–H groups in total. The van der Waals surface area contributed by atoms with Crippen LogP contribution < -0.4 is 10.1 Å². The van der Waals surface area contributed by atoms with Crippen LogP contribution in [0.4, 0.5) is 4.79 Å². The molecule has 0 aliphatic heterocycles. The van der Waals surface area contributed by atoms with Crippen LogP contribution in [-0.2, 0) is 16.1 Å². The Bertz CT molecular complexity index is 492. The number of carboxylic acid groups (broad SMARTS) is 1. The molecule has 1 rings (SSSR count). The lowest BCUT2D eigenvalue weighted by atomic mass is 10.2. The van der Waals surface area contributed by atoms with E-state index in [2.05, 4.69) is 5.32 Å². The van der Waals surface area contributed by atoms with Crippen LogP contribution in [-0.4, -0.2) is 55.9 Å². The van der Waals surface area contributed by atoms with Crippen LogP contribution in [0.5, 0.6) is 5.75 Å². The summed E-state index contributed by atoms with van der Waals surface area (Å²) in [5, 5.41) is 11.4. The summed E-state index contributed by atoms with van der Waals surface area (Å²) >= 11 is 0. The van der Waals surface area contributed by atoms with Crippen molar-refractivity contribution < 1.29 is 24.2 Å². The summed E-state index contributed by atoms with van der Waals surface area (Å²) in [6.45, 7) is 0.207. The van der Waals surface area contributed by atoms with E-state index in [0.29, 0.717) is 12.3 Å². The van der Waals surface area contributed by atoms with Crippen molar-refractivity contribution in [2.45, 2.75) is 12.6 Å². The normalized spacial score (nSPS) is 11.6. The minimum atomic E-state index is -1.14. The zero-order valence-corrected chi connectivity index (χ0v) is 12.3. The lowest BCUT2D eigenvalue weighted by molar-refractivity contribution is -0.140. The molecule has 0 saturated heterocycles. The highest BCUT2D eigenvalue weighted by atomic mass is 16.5. The molecule has 7 heteroatoms. The van der Waals surface area contributed by atoms with Crippen molar-refractivity contribution >= 4 is 12.0 Å². The highest BCUT2D eigenvalue weighted by molar-refractivity contribution is 5.82. The molecule has 7 nitrogen and oxygen atoms in total. The van der Waals surface area contributed by atoms with Gasteiger partial charge in [0, 0.05) is 19.7 Å². The summed E-state index contributed by atoms with van der Waals surface area (Å²) in [5.41, 5.74) is 0.830. The summed E-state index contributed by atoms with van der Waals surface area (Å²) < 4.78 is 9.98. The first-order valence-electron chi connectivity index (χ1n) is 6.34. The molecule has 0 fully saturated rings. The first-order valence-corrected chi connectivity index (χ1v) is 6.34. The van der Waals surface area contributed by atoms with E-state index < -0.39 is 18.0 Å². The Labute approximate surface area is 123 Å². The monoisotopic (exact) mass is 296 g/mol. The quantitative estimate of drug-likeness (QED) is 0.781. The number of carbonyl (C=O) groups is 2. The molecule has 0 aliphatic rings. The van der Waals surface area contributed by atoms with Gasteiger partial charge in [0.2, 0.25) is 0 Å². The van der Waals surface area contributed by atoms with E-state index in [9.17, 15) is 9.59 Å². The summed E-state index contributed by atoms with van der Waals surface area (Å²) in [5.74, 6) is -0.472. The van der Waals surface area contributed by atoms with Crippen molar-refractivity contribution in [1.82, 2.24) is 10.2 Å². The molecule has 0 aromatic heterocycles. The van der Waals surface area contributed by atoms with Crippen molar-refractivity contribution in [2.24, 2.45) is 0 Å². The molecule has 2 amide bonds. The predicted octanol–water partition coefficient (Wildman–Crippen LogP) is 0.936. The Morgan fingerprint density at radius 3 is 2.57 bits per heavy atom. The number of carboxylic acids is 1. The highest BCUT2D eigenvalue weighted by Crippen LogP contribution is 2.18. The van der Waals surface area contributed by atoms with Gasteiger partial charge in [-0.25, -0.2) is 9.59 Å². The summed E-state index contributed by atoms with van der Waals surface area (Å²) in [6.07, 6.45) is 0. The number of nitrogens with zero attached hydrogens (tertiary/aromatic N) is 1. The predicted molar refractivity (Wildman–Crippen MR) is 76.3 cm³/mol. The minimum Gasteiger partial charge on any atom is -0.496 e. The molecule has 1 aromatic carbocycles. The second-order valence-electron chi connectivity index (χ2n) is 4.46. The maximum Gasteiger partial charge on any atom is 0.328 e. The molecular weight excluding hydrogens is 276 g/mol. The van der Waals surface area contributed by atoms with Gasteiger partial charge in [-0.1, -0.05) is 18.2 Å². The molecule has 0 spiro atoms. The first-order chi connectivity index (χ1) is 9.99. The van der Waals surface area contributed by atoms with E-state index in [1.165, 1.54) is 12.0 Å². The summed E-state index contributed by atoms with van der Waals surface area (Å²) in [7, 11) is 4.51. The molecule has 1 atom stereocenters.